The van der Waals surface area contributed by atoms with Crippen molar-refractivity contribution in [3.8, 4) is 11.5 Å². The van der Waals surface area contributed by atoms with Gasteiger partial charge in [0, 0.05) is 22.2 Å². The minimum absolute atomic E-state index is 0.371. The van der Waals surface area contributed by atoms with E-state index in [4.69, 9.17) is 13.6 Å². The van der Waals surface area contributed by atoms with Crippen LogP contribution in [0.1, 0.15) is 27.7 Å². The van der Waals surface area contributed by atoms with Crippen LogP contribution in [0.5, 0.6) is 0 Å². The highest BCUT2D eigenvalue weighted by atomic mass is 79.9. The fourth-order valence-electron chi connectivity index (χ4n) is 3.08. The van der Waals surface area contributed by atoms with E-state index >= 15 is 0 Å². The maximum atomic E-state index is 12.2. The number of ether oxygens (including phenoxy) is 1. The van der Waals surface area contributed by atoms with Crippen LogP contribution >= 0.6 is 15.9 Å². The number of carbonyl (C=O) groups is 1. The Morgan fingerprint density at radius 2 is 2.04 bits per heavy atom. The average molecular weight is 429 g/mol. The third-order valence-electron chi connectivity index (χ3n) is 4.38. The number of hydrogen-bond donors (Lipinski definition) is 0. The van der Waals surface area contributed by atoms with Crippen LogP contribution < -0.4 is 0 Å². The predicted octanol–water partition coefficient (Wildman–Crippen LogP) is 5.10. The molecule has 0 aliphatic heterocycles. The first-order chi connectivity index (χ1) is 13.0. The number of rotatable bonds is 4. The number of carbonyl (C=O) groups excluding carboxylic acids is 1. The van der Waals surface area contributed by atoms with Gasteiger partial charge in [0.15, 0.2) is 5.58 Å². The zero-order chi connectivity index (χ0) is 19.1. The first kappa shape index (κ1) is 17.6. The molecule has 4 aromatic rings. The molecular weight excluding hydrogens is 412 g/mol. The van der Waals surface area contributed by atoms with Gasteiger partial charge in [-0.1, -0.05) is 22.0 Å². The normalized spacial score (nSPS) is 11.3. The number of fused-ring (bicyclic) bond motifs is 1. The van der Waals surface area contributed by atoms with Gasteiger partial charge < -0.3 is 18.1 Å². The van der Waals surface area contributed by atoms with Crippen molar-refractivity contribution in [2.75, 3.05) is 7.11 Å². The van der Waals surface area contributed by atoms with E-state index in [2.05, 4.69) is 20.9 Å². The molecule has 0 amide bonds. The number of esters is 1. The smallest absolute Gasteiger partial charge is 0.354 e. The number of nitrogens with zero attached hydrogens (tertiary/aromatic N) is 2. The van der Waals surface area contributed by atoms with Gasteiger partial charge >= 0.3 is 5.97 Å². The first-order valence-electron chi connectivity index (χ1n) is 8.36. The molecule has 27 heavy (non-hydrogen) atoms. The van der Waals surface area contributed by atoms with Crippen LogP contribution in [0, 0.1) is 13.8 Å². The Morgan fingerprint density at radius 1 is 1.22 bits per heavy atom. The maximum absolute atomic E-state index is 12.2. The highest BCUT2D eigenvalue weighted by molar-refractivity contribution is 9.10. The van der Waals surface area contributed by atoms with Crippen molar-refractivity contribution in [1.29, 1.82) is 0 Å². The van der Waals surface area contributed by atoms with Crippen LogP contribution in [-0.2, 0) is 11.3 Å². The summed E-state index contributed by atoms with van der Waals surface area (Å²) in [5.41, 5.74) is 3.49. The standard InChI is InChI=1S/C20H17BrN2O4/c1-11-7-16-18(26-11)9-17(20(24)25-3)23(16)10-15-12(2)27-19(22-15)13-5-4-6-14(21)8-13/h4-9H,10H2,1-3H3. The van der Waals surface area contributed by atoms with Crippen molar-refractivity contribution >= 4 is 33.0 Å². The van der Waals surface area contributed by atoms with Crippen LogP contribution in [0.25, 0.3) is 22.6 Å². The Kier molecular flexibility index (Phi) is 4.39. The van der Waals surface area contributed by atoms with Crippen LogP contribution in [0.3, 0.4) is 0 Å². The van der Waals surface area contributed by atoms with E-state index in [-0.39, 0.29) is 0 Å². The minimum Gasteiger partial charge on any atom is -0.464 e. The van der Waals surface area contributed by atoms with Crippen molar-refractivity contribution in [3.05, 3.63) is 63.8 Å². The number of methoxy groups -OCH3 is 1. The van der Waals surface area contributed by atoms with E-state index in [0.717, 1.165) is 27.0 Å². The molecule has 4 rings (SSSR count). The zero-order valence-corrected chi connectivity index (χ0v) is 16.7. The molecule has 7 heteroatoms. The van der Waals surface area contributed by atoms with Crippen LogP contribution in [-0.4, -0.2) is 22.6 Å². The van der Waals surface area contributed by atoms with Gasteiger partial charge in [-0.15, -0.1) is 0 Å². The lowest BCUT2D eigenvalue weighted by atomic mass is 10.2. The molecule has 0 spiro atoms. The second-order valence-corrected chi connectivity index (χ2v) is 7.16. The summed E-state index contributed by atoms with van der Waals surface area (Å²) < 4.78 is 19.2. The molecular formula is C20H17BrN2O4. The van der Waals surface area contributed by atoms with Gasteiger partial charge in [-0.25, -0.2) is 9.78 Å². The molecule has 0 radical (unpaired) electrons. The zero-order valence-electron chi connectivity index (χ0n) is 15.1. The number of aromatic nitrogens is 2. The fraction of sp³-hybridized carbons (Fsp3) is 0.200. The van der Waals surface area contributed by atoms with E-state index in [0.29, 0.717) is 29.5 Å². The van der Waals surface area contributed by atoms with Crippen molar-refractivity contribution in [3.63, 3.8) is 0 Å². The quantitative estimate of drug-likeness (QED) is 0.422. The summed E-state index contributed by atoms with van der Waals surface area (Å²) in [5.74, 6) is 1.59. The van der Waals surface area contributed by atoms with Gasteiger partial charge in [-0.2, -0.15) is 0 Å². The Hall–Kier alpha value is -2.80. The van der Waals surface area contributed by atoms with Gasteiger partial charge in [-0.05, 0) is 32.0 Å². The van der Waals surface area contributed by atoms with Crippen molar-refractivity contribution < 1.29 is 18.4 Å². The number of furan rings is 1. The molecule has 3 heterocycles. The van der Waals surface area contributed by atoms with Crippen molar-refractivity contribution in [2.24, 2.45) is 0 Å². The van der Waals surface area contributed by atoms with E-state index in [1.54, 1.807) is 6.07 Å². The molecule has 0 bridgehead atoms. The van der Waals surface area contributed by atoms with Crippen LogP contribution in [0.2, 0.25) is 0 Å². The monoisotopic (exact) mass is 428 g/mol. The molecule has 0 saturated carbocycles. The molecule has 138 valence electrons. The average Bonchev–Trinajstić information content (AvgIpc) is 3.28. The number of oxazole rings is 1. The van der Waals surface area contributed by atoms with Crippen molar-refractivity contribution in [2.45, 2.75) is 20.4 Å². The van der Waals surface area contributed by atoms with E-state index in [1.165, 1.54) is 7.11 Å². The lowest BCUT2D eigenvalue weighted by molar-refractivity contribution is 0.0589. The molecule has 6 nitrogen and oxygen atoms in total. The number of benzene rings is 1. The van der Waals surface area contributed by atoms with Crippen LogP contribution in [0.15, 0.2) is 49.7 Å². The highest BCUT2D eigenvalue weighted by Crippen LogP contribution is 2.28. The maximum Gasteiger partial charge on any atom is 0.354 e. The van der Waals surface area contributed by atoms with Gasteiger partial charge in [0.25, 0.3) is 0 Å². The lowest BCUT2D eigenvalue weighted by Gasteiger charge is -2.07. The molecule has 0 atom stereocenters. The number of halogens is 1. The molecule has 3 aromatic heterocycles. The van der Waals surface area contributed by atoms with Crippen molar-refractivity contribution in [1.82, 2.24) is 9.55 Å². The summed E-state index contributed by atoms with van der Waals surface area (Å²) >= 11 is 3.46. The Balaban J connectivity index is 1.77. The number of hydrogen-bond acceptors (Lipinski definition) is 5. The molecule has 0 aliphatic rings. The number of aryl methyl sites for hydroxylation is 2. The summed E-state index contributed by atoms with van der Waals surface area (Å²) in [6, 6.07) is 11.3. The topological polar surface area (TPSA) is 70.4 Å². The Labute approximate surface area is 163 Å². The van der Waals surface area contributed by atoms with Gasteiger partial charge in [-0.3, -0.25) is 0 Å². The fourth-order valence-corrected chi connectivity index (χ4v) is 3.48. The Morgan fingerprint density at radius 3 is 2.78 bits per heavy atom. The SMILES string of the molecule is COC(=O)c1cc2oc(C)cc2n1Cc1nc(-c2cccc(Br)c2)oc1C. The second kappa shape index (κ2) is 6.74. The lowest BCUT2D eigenvalue weighted by Crippen LogP contribution is -2.12. The molecule has 0 N–H and O–H groups in total. The van der Waals surface area contributed by atoms with Gasteiger partial charge in [0.05, 0.1) is 19.2 Å². The predicted molar refractivity (Wildman–Crippen MR) is 104 cm³/mol. The van der Waals surface area contributed by atoms with Gasteiger partial charge in [0.1, 0.15) is 22.9 Å². The third kappa shape index (κ3) is 3.19. The Bertz CT molecular complexity index is 1150. The largest absolute Gasteiger partial charge is 0.464 e. The second-order valence-electron chi connectivity index (χ2n) is 6.25. The first-order valence-corrected chi connectivity index (χ1v) is 9.16. The molecule has 0 unspecified atom stereocenters. The van der Waals surface area contributed by atoms with E-state index in [1.807, 2.05) is 48.7 Å². The van der Waals surface area contributed by atoms with Gasteiger partial charge in [0.2, 0.25) is 5.89 Å². The van der Waals surface area contributed by atoms with Crippen LogP contribution in [0.4, 0.5) is 0 Å². The highest BCUT2D eigenvalue weighted by Gasteiger charge is 2.21. The minimum atomic E-state index is -0.424. The summed E-state index contributed by atoms with van der Waals surface area (Å²) in [6.45, 7) is 4.11. The summed E-state index contributed by atoms with van der Waals surface area (Å²) in [6.07, 6.45) is 0. The molecule has 0 aliphatic carbocycles. The summed E-state index contributed by atoms with van der Waals surface area (Å²) in [7, 11) is 1.36. The van der Waals surface area contributed by atoms with E-state index < -0.39 is 5.97 Å². The molecule has 0 fully saturated rings. The summed E-state index contributed by atoms with van der Waals surface area (Å²) in [5, 5.41) is 0. The van der Waals surface area contributed by atoms with E-state index in [9.17, 15) is 4.79 Å². The third-order valence-corrected chi connectivity index (χ3v) is 4.87. The molecule has 1 aromatic carbocycles. The molecule has 0 saturated heterocycles. The summed E-state index contributed by atoms with van der Waals surface area (Å²) in [4.78, 5) is 16.8.